The van der Waals surface area contributed by atoms with E-state index in [4.69, 9.17) is 0 Å². The molecule has 0 spiro atoms. The summed E-state index contributed by atoms with van der Waals surface area (Å²) in [6, 6.07) is 0.871. The molecule has 2 N–H and O–H groups in total. The smallest absolute Gasteiger partial charge is 0.191 e. The lowest BCUT2D eigenvalue weighted by Gasteiger charge is -2.22. The molecule has 0 atom stereocenters. The summed E-state index contributed by atoms with van der Waals surface area (Å²) >= 11 is 0. The third-order valence-electron chi connectivity index (χ3n) is 3.58. The standard InChI is InChI=1S/C14H26N4/c1-3-8-16-14(15-2)17-9-10-18(13-6-7-13)11-12-4-5-12/h3,12-13H,1,4-11H2,2H3,(H2,15,16,17). The topological polar surface area (TPSA) is 39.7 Å². The molecular formula is C14H26N4. The molecule has 0 bridgehead atoms. The van der Waals surface area contributed by atoms with Gasteiger partial charge >= 0.3 is 0 Å². The molecule has 0 aromatic carbocycles. The molecule has 0 saturated heterocycles. The number of aliphatic imine (C=N–C) groups is 1. The van der Waals surface area contributed by atoms with Crippen LogP contribution >= 0.6 is 0 Å². The van der Waals surface area contributed by atoms with E-state index < -0.39 is 0 Å². The zero-order chi connectivity index (χ0) is 12.8. The highest BCUT2D eigenvalue weighted by atomic mass is 15.2. The lowest BCUT2D eigenvalue weighted by atomic mass is 10.3. The van der Waals surface area contributed by atoms with Gasteiger partial charge in [0.05, 0.1) is 0 Å². The molecule has 0 aliphatic heterocycles. The Hall–Kier alpha value is -1.03. The average molecular weight is 250 g/mol. The van der Waals surface area contributed by atoms with E-state index in [2.05, 4.69) is 27.1 Å². The van der Waals surface area contributed by atoms with Gasteiger partial charge in [0.1, 0.15) is 0 Å². The summed E-state index contributed by atoms with van der Waals surface area (Å²) in [5.74, 6) is 1.86. The number of nitrogens with zero attached hydrogens (tertiary/aromatic N) is 2. The summed E-state index contributed by atoms with van der Waals surface area (Å²) in [6.45, 7) is 7.87. The highest BCUT2D eigenvalue weighted by Crippen LogP contribution is 2.34. The second-order valence-corrected chi connectivity index (χ2v) is 5.34. The maximum atomic E-state index is 4.18. The van der Waals surface area contributed by atoms with Crippen LogP contribution in [0.2, 0.25) is 0 Å². The molecule has 4 nitrogen and oxygen atoms in total. The third-order valence-corrected chi connectivity index (χ3v) is 3.58. The van der Waals surface area contributed by atoms with Crippen LogP contribution in [0.15, 0.2) is 17.6 Å². The molecular weight excluding hydrogens is 224 g/mol. The molecule has 0 radical (unpaired) electrons. The Morgan fingerprint density at radius 3 is 2.67 bits per heavy atom. The van der Waals surface area contributed by atoms with Crippen molar-refractivity contribution in [1.29, 1.82) is 0 Å². The first-order valence-electron chi connectivity index (χ1n) is 7.13. The fourth-order valence-electron chi connectivity index (χ4n) is 2.20. The van der Waals surface area contributed by atoms with Crippen LogP contribution in [0.4, 0.5) is 0 Å². The van der Waals surface area contributed by atoms with Crippen molar-refractivity contribution in [2.24, 2.45) is 10.9 Å². The second-order valence-electron chi connectivity index (χ2n) is 5.34. The number of nitrogens with one attached hydrogen (secondary N) is 2. The van der Waals surface area contributed by atoms with E-state index in [9.17, 15) is 0 Å². The Morgan fingerprint density at radius 2 is 2.11 bits per heavy atom. The van der Waals surface area contributed by atoms with Crippen LogP contribution in [0, 0.1) is 5.92 Å². The Labute approximate surface area is 111 Å². The summed E-state index contributed by atoms with van der Waals surface area (Å²) in [5, 5.41) is 6.55. The van der Waals surface area contributed by atoms with Crippen molar-refractivity contribution in [2.75, 3.05) is 33.2 Å². The molecule has 2 saturated carbocycles. The number of hydrogen-bond acceptors (Lipinski definition) is 2. The summed E-state index contributed by atoms with van der Waals surface area (Å²) in [6.07, 6.45) is 7.53. The molecule has 2 aliphatic rings. The van der Waals surface area contributed by atoms with Gasteiger partial charge in [-0.05, 0) is 31.6 Å². The molecule has 0 amide bonds. The quantitative estimate of drug-likeness (QED) is 0.386. The summed E-state index contributed by atoms with van der Waals surface area (Å²) in [7, 11) is 1.81. The fourth-order valence-corrected chi connectivity index (χ4v) is 2.20. The fraction of sp³-hybridized carbons (Fsp3) is 0.786. The average Bonchev–Trinajstić information content (AvgIpc) is 3.25. The SMILES string of the molecule is C=CCNC(=NC)NCCN(CC1CC1)C1CC1. The molecule has 102 valence electrons. The first-order chi connectivity index (χ1) is 8.83. The minimum absolute atomic E-state index is 0.758. The van der Waals surface area contributed by atoms with Crippen LogP contribution in [-0.4, -0.2) is 50.1 Å². The normalized spacial score (nSPS) is 20.0. The molecule has 2 fully saturated rings. The molecule has 0 heterocycles. The van der Waals surface area contributed by atoms with Gasteiger partial charge in [0.15, 0.2) is 5.96 Å². The van der Waals surface area contributed by atoms with E-state index in [1.165, 1.54) is 32.2 Å². The van der Waals surface area contributed by atoms with Crippen LogP contribution < -0.4 is 10.6 Å². The van der Waals surface area contributed by atoms with Crippen molar-refractivity contribution >= 4 is 5.96 Å². The van der Waals surface area contributed by atoms with E-state index in [1.807, 2.05) is 6.08 Å². The van der Waals surface area contributed by atoms with Gasteiger partial charge < -0.3 is 10.6 Å². The highest BCUT2D eigenvalue weighted by Gasteiger charge is 2.33. The predicted octanol–water partition coefficient (Wildman–Crippen LogP) is 1.21. The van der Waals surface area contributed by atoms with Crippen molar-refractivity contribution in [1.82, 2.24) is 15.5 Å². The van der Waals surface area contributed by atoms with Gasteiger partial charge in [-0.2, -0.15) is 0 Å². The van der Waals surface area contributed by atoms with E-state index in [1.54, 1.807) is 7.05 Å². The maximum Gasteiger partial charge on any atom is 0.191 e. The van der Waals surface area contributed by atoms with Crippen LogP contribution in [-0.2, 0) is 0 Å². The third kappa shape index (κ3) is 4.69. The van der Waals surface area contributed by atoms with Crippen molar-refractivity contribution < 1.29 is 0 Å². The Bertz CT molecular complexity index is 292. The number of guanidine groups is 1. The minimum Gasteiger partial charge on any atom is -0.355 e. The van der Waals surface area contributed by atoms with E-state index in [0.717, 1.165) is 37.6 Å². The van der Waals surface area contributed by atoms with Crippen molar-refractivity contribution in [3.63, 3.8) is 0 Å². The van der Waals surface area contributed by atoms with Crippen molar-refractivity contribution in [2.45, 2.75) is 31.7 Å². The Morgan fingerprint density at radius 1 is 1.33 bits per heavy atom. The minimum atomic E-state index is 0.758. The van der Waals surface area contributed by atoms with Crippen LogP contribution in [0.25, 0.3) is 0 Å². The van der Waals surface area contributed by atoms with E-state index >= 15 is 0 Å². The van der Waals surface area contributed by atoms with Crippen LogP contribution in [0.1, 0.15) is 25.7 Å². The number of hydrogen-bond donors (Lipinski definition) is 2. The van der Waals surface area contributed by atoms with E-state index in [0.29, 0.717) is 0 Å². The van der Waals surface area contributed by atoms with E-state index in [-0.39, 0.29) is 0 Å². The van der Waals surface area contributed by atoms with Gasteiger partial charge in [-0.25, -0.2) is 0 Å². The maximum absolute atomic E-state index is 4.18. The summed E-state index contributed by atoms with van der Waals surface area (Å²) in [4.78, 5) is 6.84. The van der Waals surface area contributed by atoms with Crippen molar-refractivity contribution in [3.05, 3.63) is 12.7 Å². The molecule has 2 aliphatic carbocycles. The van der Waals surface area contributed by atoms with Crippen molar-refractivity contribution in [3.8, 4) is 0 Å². The molecule has 0 aromatic rings. The van der Waals surface area contributed by atoms with Gasteiger partial charge in [-0.3, -0.25) is 9.89 Å². The van der Waals surface area contributed by atoms with Gasteiger partial charge in [-0.1, -0.05) is 6.08 Å². The molecule has 0 unspecified atom stereocenters. The lowest BCUT2D eigenvalue weighted by molar-refractivity contribution is 0.256. The first kappa shape index (κ1) is 13.4. The molecule has 18 heavy (non-hydrogen) atoms. The van der Waals surface area contributed by atoms with Gasteiger partial charge in [-0.15, -0.1) is 6.58 Å². The number of rotatable bonds is 8. The molecule has 0 aromatic heterocycles. The second kappa shape index (κ2) is 6.78. The first-order valence-corrected chi connectivity index (χ1v) is 7.13. The highest BCUT2D eigenvalue weighted by molar-refractivity contribution is 5.79. The lowest BCUT2D eigenvalue weighted by Crippen LogP contribution is -2.42. The Kier molecular flexibility index (Phi) is 5.05. The van der Waals surface area contributed by atoms with Gasteiger partial charge in [0.25, 0.3) is 0 Å². The molecule has 2 rings (SSSR count). The zero-order valence-electron chi connectivity index (χ0n) is 11.5. The van der Waals surface area contributed by atoms with Gasteiger partial charge in [0, 0.05) is 39.3 Å². The van der Waals surface area contributed by atoms with Crippen LogP contribution in [0.5, 0.6) is 0 Å². The Balaban J connectivity index is 1.63. The zero-order valence-corrected chi connectivity index (χ0v) is 11.5. The summed E-state index contributed by atoms with van der Waals surface area (Å²) < 4.78 is 0. The monoisotopic (exact) mass is 250 g/mol. The predicted molar refractivity (Wildman–Crippen MR) is 76.9 cm³/mol. The molecule has 4 heteroatoms. The van der Waals surface area contributed by atoms with Gasteiger partial charge in [0.2, 0.25) is 0 Å². The largest absolute Gasteiger partial charge is 0.355 e. The van der Waals surface area contributed by atoms with Crippen LogP contribution in [0.3, 0.4) is 0 Å². The summed E-state index contributed by atoms with van der Waals surface area (Å²) in [5.41, 5.74) is 0.